The Labute approximate surface area is 213 Å². The predicted molar refractivity (Wildman–Crippen MR) is 128 cm³/mol. The molecular formula is C25H28F3N3O5S. The lowest BCUT2D eigenvalue weighted by Crippen LogP contribution is -2.46. The highest BCUT2D eigenvalue weighted by Gasteiger charge is 2.56. The van der Waals surface area contributed by atoms with Crippen molar-refractivity contribution >= 4 is 21.9 Å². The molecule has 3 fully saturated rings. The number of benzene rings is 1. The number of carboxylic acids is 1. The van der Waals surface area contributed by atoms with Crippen molar-refractivity contribution in [2.24, 2.45) is 0 Å². The van der Waals surface area contributed by atoms with Crippen LogP contribution in [0.25, 0.3) is 0 Å². The van der Waals surface area contributed by atoms with Crippen molar-refractivity contribution in [1.29, 1.82) is 0 Å². The summed E-state index contributed by atoms with van der Waals surface area (Å²) in [6, 6.07) is 15.6. The van der Waals surface area contributed by atoms with Crippen LogP contribution in [0.4, 0.5) is 13.2 Å². The maximum absolute atomic E-state index is 13.3. The van der Waals surface area contributed by atoms with Gasteiger partial charge in [0, 0.05) is 37.2 Å². The van der Waals surface area contributed by atoms with Gasteiger partial charge in [-0.2, -0.15) is 17.5 Å². The van der Waals surface area contributed by atoms with Gasteiger partial charge in [-0.25, -0.2) is 13.2 Å². The number of likely N-dealkylation sites (tertiary alicyclic amines) is 1. The van der Waals surface area contributed by atoms with Crippen molar-refractivity contribution < 1.29 is 36.3 Å². The number of rotatable bonds is 5. The molecule has 2 unspecified atom stereocenters. The first-order valence-corrected chi connectivity index (χ1v) is 13.5. The highest BCUT2D eigenvalue weighted by Crippen LogP contribution is 2.49. The Kier molecular flexibility index (Phi) is 7.61. The van der Waals surface area contributed by atoms with E-state index >= 15 is 0 Å². The quantitative estimate of drug-likeness (QED) is 0.625. The van der Waals surface area contributed by atoms with Gasteiger partial charge in [0.25, 0.3) is 0 Å². The fourth-order valence-electron chi connectivity index (χ4n) is 5.22. The molecule has 12 heteroatoms. The van der Waals surface area contributed by atoms with Crippen molar-refractivity contribution in [2.45, 2.75) is 61.5 Å². The number of pyridine rings is 1. The second-order valence-electron chi connectivity index (χ2n) is 9.54. The van der Waals surface area contributed by atoms with Gasteiger partial charge < -0.3 is 10.0 Å². The Balaban J connectivity index is 0.000000405. The lowest BCUT2D eigenvalue weighted by atomic mass is 9.71. The molecule has 0 radical (unpaired) electrons. The number of hydrogen-bond acceptors (Lipinski definition) is 5. The molecule has 2 aromatic rings. The standard InChI is InChI=1S/C23H27N3O3S.C2HF3O2/c27-22-16-21-23(18-6-2-1-3-7-18,12-15-26(21)30(28,29)20-9-10-20)11-14-25(22)17-19-8-4-5-13-24-19;3-2(4,5)1(6)7/h1-8,13,20-21H,9-12,14-17H2;(H,6,7). The van der Waals surface area contributed by atoms with Gasteiger partial charge in [-0.05, 0) is 43.4 Å². The molecule has 3 heterocycles. The zero-order valence-electron chi connectivity index (χ0n) is 20.0. The van der Waals surface area contributed by atoms with Crippen LogP contribution in [0.2, 0.25) is 0 Å². The van der Waals surface area contributed by atoms with Crippen LogP contribution in [-0.4, -0.2) is 70.1 Å². The highest BCUT2D eigenvalue weighted by atomic mass is 32.2. The van der Waals surface area contributed by atoms with Gasteiger partial charge >= 0.3 is 12.1 Å². The summed E-state index contributed by atoms with van der Waals surface area (Å²) in [5.74, 6) is -2.74. The van der Waals surface area contributed by atoms with Gasteiger partial charge in [-0.1, -0.05) is 36.4 Å². The summed E-state index contributed by atoms with van der Waals surface area (Å²) in [5.41, 5.74) is 1.68. The number of alkyl halides is 3. The normalized spacial score (nSPS) is 24.6. The first-order chi connectivity index (χ1) is 17.4. The number of amides is 1. The minimum atomic E-state index is -5.08. The van der Waals surface area contributed by atoms with Crippen LogP contribution in [0.5, 0.6) is 0 Å². The number of aromatic nitrogens is 1. The third-order valence-corrected chi connectivity index (χ3v) is 9.66. The number of nitrogens with zero attached hydrogens (tertiary/aromatic N) is 3. The van der Waals surface area contributed by atoms with Gasteiger partial charge in [0.15, 0.2) is 0 Å². The van der Waals surface area contributed by atoms with Crippen LogP contribution in [0.1, 0.15) is 43.4 Å². The SMILES string of the molecule is O=C(O)C(F)(F)F.O=C1CC2N(S(=O)(=O)C3CC3)CCC2(c2ccccc2)CCN1Cc1ccccn1. The van der Waals surface area contributed by atoms with Crippen LogP contribution in [-0.2, 0) is 31.6 Å². The van der Waals surface area contributed by atoms with E-state index in [1.165, 1.54) is 0 Å². The number of aliphatic carboxylic acids is 1. The number of halogens is 3. The molecule has 5 rings (SSSR count). The average Bonchev–Trinajstić information content (AvgIpc) is 3.67. The lowest BCUT2D eigenvalue weighted by molar-refractivity contribution is -0.192. The predicted octanol–water partition coefficient (Wildman–Crippen LogP) is 3.34. The molecule has 1 aliphatic carbocycles. The van der Waals surface area contributed by atoms with E-state index in [2.05, 4.69) is 17.1 Å². The molecular weight excluding hydrogens is 511 g/mol. The maximum Gasteiger partial charge on any atom is 0.490 e. The molecule has 1 N–H and O–H groups in total. The largest absolute Gasteiger partial charge is 0.490 e. The third kappa shape index (κ3) is 5.80. The van der Waals surface area contributed by atoms with E-state index in [0.29, 0.717) is 19.6 Å². The summed E-state index contributed by atoms with van der Waals surface area (Å²) in [5, 5.41) is 6.87. The first kappa shape index (κ1) is 27.1. The number of carboxylic acid groups (broad SMARTS) is 1. The second-order valence-corrected chi connectivity index (χ2v) is 11.7. The van der Waals surface area contributed by atoms with Gasteiger partial charge in [0.2, 0.25) is 15.9 Å². The number of fused-ring (bicyclic) bond motifs is 1. The third-order valence-electron chi connectivity index (χ3n) is 7.25. The maximum atomic E-state index is 13.3. The summed E-state index contributed by atoms with van der Waals surface area (Å²) < 4.78 is 59.8. The van der Waals surface area contributed by atoms with Crippen molar-refractivity contribution in [2.75, 3.05) is 13.1 Å². The molecule has 3 aliphatic rings. The van der Waals surface area contributed by atoms with E-state index in [9.17, 15) is 26.4 Å². The Morgan fingerprint density at radius 1 is 1.05 bits per heavy atom. The molecule has 2 saturated heterocycles. The topological polar surface area (TPSA) is 108 Å². The molecule has 1 amide bonds. The van der Waals surface area contributed by atoms with Crippen LogP contribution >= 0.6 is 0 Å². The van der Waals surface area contributed by atoms with E-state index in [-0.39, 0.29) is 29.0 Å². The molecule has 1 saturated carbocycles. The Morgan fingerprint density at radius 2 is 1.68 bits per heavy atom. The lowest BCUT2D eigenvalue weighted by Gasteiger charge is -2.36. The van der Waals surface area contributed by atoms with E-state index < -0.39 is 22.2 Å². The van der Waals surface area contributed by atoms with Crippen molar-refractivity contribution in [3.05, 3.63) is 66.0 Å². The average molecular weight is 540 g/mol. The zero-order valence-corrected chi connectivity index (χ0v) is 20.8. The highest BCUT2D eigenvalue weighted by molar-refractivity contribution is 7.90. The van der Waals surface area contributed by atoms with E-state index in [1.807, 2.05) is 41.3 Å². The number of hydrogen-bond donors (Lipinski definition) is 1. The zero-order chi connectivity index (χ0) is 26.8. The van der Waals surface area contributed by atoms with Gasteiger partial charge in [0.1, 0.15) is 0 Å². The molecule has 37 heavy (non-hydrogen) atoms. The van der Waals surface area contributed by atoms with Crippen molar-refractivity contribution in [1.82, 2.24) is 14.2 Å². The summed E-state index contributed by atoms with van der Waals surface area (Å²) in [6.45, 7) is 1.58. The smallest absolute Gasteiger partial charge is 0.475 e. The fraction of sp³-hybridized carbons (Fsp3) is 0.480. The van der Waals surface area contributed by atoms with Gasteiger partial charge in [-0.3, -0.25) is 9.78 Å². The van der Waals surface area contributed by atoms with Crippen molar-refractivity contribution in [3.8, 4) is 0 Å². The summed E-state index contributed by atoms with van der Waals surface area (Å²) in [6.07, 6.45) is -0.113. The van der Waals surface area contributed by atoms with Crippen LogP contribution in [0.3, 0.4) is 0 Å². The van der Waals surface area contributed by atoms with E-state index in [0.717, 1.165) is 36.9 Å². The summed E-state index contributed by atoms with van der Waals surface area (Å²) in [7, 11) is -3.35. The fourth-order valence-corrected chi connectivity index (χ4v) is 7.31. The van der Waals surface area contributed by atoms with Crippen LogP contribution in [0, 0.1) is 0 Å². The van der Waals surface area contributed by atoms with Gasteiger partial charge in [0.05, 0.1) is 17.5 Å². The Bertz CT molecular complexity index is 1220. The van der Waals surface area contributed by atoms with E-state index in [4.69, 9.17) is 9.90 Å². The second kappa shape index (κ2) is 10.4. The molecule has 2 aliphatic heterocycles. The molecule has 0 bridgehead atoms. The van der Waals surface area contributed by atoms with E-state index in [1.54, 1.807) is 10.5 Å². The first-order valence-electron chi connectivity index (χ1n) is 12.0. The number of sulfonamides is 1. The summed E-state index contributed by atoms with van der Waals surface area (Å²) in [4.78, 5) is 28.4. The molecule has 200 valence electrons. The number of carbonyl (C=O) groups excluding carboxylic acids is 1. The van der Waals surface area contributed by atoms with Crippen LogP contribution in [0.15, 0.2) is 54.7 Å². The molecule has 2 atom stereocenters. The molecule has 1 aromatic heterocycles. The minimum absolute atomic E-state index is 0.0151. The Hall–Kier alpha value is -2.99. The summed E-state index contributed by atoms with van der Waals surface area (Å²) >= 11 is 0. The molecule has 1 aromatic carbocycles. The van der Waals surface area contributed by atoms with Gasteiger partial charge in [-0.15, -0.1) is 0 Å². The monoisotopic (exact) mass is 539 g/mol. The molecule has 8 nitrogen and oxygen atoms in total. The minimum Gasteiger partial charge on any atom is -0.475 e. The number of carbonyl (C=O) groups is 2. The van der Waals surface area contributed by atoms with Crippen LogP contribution < -0.4 is 0 Å². The van der Waals surface area contributed by atoms with Crippen molar-refractivity contribution in [3.63, 3.8) is 0 Å². The molecule has 0 spiro atoms. The Morgan fingerprint density at radius 3 is 2.24 bits per heavy atom.